The number of piperidine rings is 1. The predicted molar refractivity (Wildman–Crippen MR) is 162 cm³/mol. The molecule has 0 atom stereocenters. The predicted octanol–water partition coefficient (Wildman–Crippen LogP) is 7.12. The zero-order chi connectivity index (χ0) is 30.7. The van der Waals surface area contributed by atoms with E-state index < -0.39 is 11.7 Å². The van der Waals surface area contributed by atoms with E-state index in [-0.39, 0.29) is 23.3 Å². The number of hydrogen-bond acceptors (Lipinski definition) is 6. The van der Waals surface area contributed by atoms with Crippen molar-refractivity contribution in [1.29, 1.82) is 0 Å². The Morgan fingerprint density at radius 2 is 1.74 bits per heavy atom. The van der Waals surface area contributed by atoms with Crippen LogP contribution in [0.4, 0.5) is 9.59 Å². The minimum atomic E-state index is -1.06. The second-order valence-corrected chi connectivity index (χ2v) is 13.7. The lowest BCUT2D eigenvalue weighted by molar-refractivity contribution is 0.0203. The Kier molecular flexibility index (Phi) is 7.31. The molecule has 10 heteroatoms. The number of rotatable bonds is 3. The first-order valence-electron chi connectivity index (χ1n) is 14.7. The van der Waals surface area contributed by atoms with E-state index in [1.807, 2.05) is 40.0 Å². The Morgan fingerprint density at radius 1 is 1.07 bits per heavy atom. The summed E-state index contributed by atoms with van der Waals surface area (Å²) >= 11 is 0. The number of fused-ring (bicyclic) bond motifs is 2. The highest BCUT2D eigenvalue weighted by Gasteiger charge is 2.36. The molecule has 0 unspecified atom stereocenters. The molecule has 1 saturated heterocycles. The van der Waals surface area contributed by atoms with Crippen molar-refractivity contribution in [2.24, 2.45) is 0 Å². The number of ether oxygens (including phenoxy) is 1. The second kappa shape index (κ2) is 10.4. The van der Waals surface area contributed by atoms with Gasteiger partial charge in [-0.1, -0.05) is 34.6 Å². The van der Waals surface area contributed by atoms with Crippen LogP contribution in [0.5, 0.6) is 0 Å². The van der Waals surface area contributed by atoms with Gasteiger partial charge in [-0.2, -0.15) is 5.10 Å². The highest BCUT2D eigenvalue weighted by atomic mass is 16.6. The highest BCUT2D eigenvalue weighted by molar-refractivity contribution is 6.01. The number of amides is 1. The Morgan fingerprint density at radius 3 is 2.31 bits per heavy atom. The maximum atomic E-state index is 12.9. The lowest BCUT2D eigenvalue weighted by atomic mass is 9.77. The van der Waals surface area contributed by atoms with Gasteiger partial charge < -0.3 is 14.7 Å². The molecule has 0 aromatic carbocycles. The summed E-state index contributed by atoms with van der Waals surface area (Å²) in [5.41, 5.74) is 5.80. The van der Waals surface area contributed by atoms with Gasteiger partial charge in [0, 0.05) is 41.8 Å². The molecule has 1 aliphatic heterocycles. The zero-order valence-electron chi connectivity index (χ0n) is 26.1. The number of aromatic nitrogens is 5. The lowest BCUT2D eigenvalue weighted by Crippen LogP contribution is -2.41. The maximum absolute atomic E-state index is 12.9. The molecular weight excluding hydrogens is 532 g/mol. The number of carboxylic acid groups (broad SMARTS) is 1. The van der Waals surface area contributed by atoms with Crippen LogP contribution in [-0.4, -0.2) is 65.0 Å². The summed E-state index contributed by atoms with van der Waals surface area (Å²) in [7, 11) is 0. The summed E-state index contributed by atoms with van der Waals surface area (Å²) in [4.78, 5) is 36.8. The minimum absolute atomic E-state index is 0.0280. The normalized spacial score (nSPS) is 15.2. The molecule has 1 fully saturated rings. The first-order valence-corrected chi connectivity index (χ1v) is 14.7. The summed E-state index contributed by atoms with van der Waals surface area (Å²) in [6, 6.07) is 1.99. The van der Waals surface area contributed by atoms with E-state index in [4.69, 9.17) is 9.72 Å². The first kappa shape index (κ1) is 29.5. The van der Waals surface area contributed by atoms with Gasteiger partial charge in [0.1, 0.15) is 11.9 Å². The average Bonchev–Trinajstić information content (AvgIpc) is 3.49. The van der Waals surface area contributed by atoms with Gasteiger partial charge in [0.05, 0.1) is 17.4 Å². The molecule has 0 radical (unpaired) electrons. The van der Waals surface area contributed by atoms with Gasteiger partial charge in [0.15, 0.2) is 5.65 Å². The van der Waals surface area contributed by atoms with Crippen LogP contribution in [0, 0.1) is 6.92 Å². The van der Waals surface area contributed by atoms with Crippen LogP contribution in [0.15, 0.2) is 24.8 Å². The van der Waals surface area contributed by atoms with Crippen LogP contribution in [0.2, 0.25) is 0 Å². The molecule has 1 aliphatic rings. The van der Waals surface area contributed by atoms with Crippen molar-refractivity contribution < 1.29 is 19.4 Å². The topological polar surface area (TPSA) is 115 Å². The third-order valence-corrected chi connectivity index (χ3v) is 7.96. The van der Waals surface area contributed by atoms with E-state index in [1.165, 1.54) is 10.9 Å². The van der Waals surface area contributed by atoms with Gasteiger partial charge in [-0.05, 0) is 74.6 Å². The molecule has 1 N–H and O–H groups in total. The van der Waals surface area contributed by atoms with E-state index in [0.29, 0.717) is 24.3 Å². The average molecular weight is 575 g/mol. The molecule has 5 heterocycles. The number of carbonyl (C=O) groups is 2. The van der Waals surface area contributed by atoms with Gasteiger partial charge in [-0.3, -0.25) is 4.98 Å². The van der Waals surface area contributed by atoms with Crippen molar-refractivity contribution in [3.05, 3.63) is 47.2 Å². The summed E-state index contributed by atoms with van der Waals surface area (Å²) in [5, 5.41) is 15.9. The number of nitrogens with zero attached hydrogens (tertiary/aromatic N) is 6. The molecule has 0 spiro atoms. The molecule has 4 aromatic rings. The fourth-order valence-electron chi connectivity index (χ4n) is 6.32. The zero-order valence-corrected chi connectivity index (χ0v) is 26.1. The Bertz CT molecular complexity index is 1680. The number of pyridine rings is 2. The third-order valence-electron chi connectivity index (χ3n) is 7.96. The van der Waals surface area contributed by atoms with Crippen LogP contribution in [-0.2, 0) is 10.2 Å². The Hall–Kier alpha value is -3.95. The molecule has 42 heavy (non-hydrogen) atoms. The quantitative estimate of drug-likeness (QED) is 0.277. The monoisotopic (exact) mass is 574 g/mol. The van der Waals surface area contributed by atoms with Gasteiger partial charge in [0.2, 0.25) is 0 Å². The molecule has 4 aromatic heterocycles. The summed E-state index contributed by atoms with van der Waals surface area (Å²) in [5.74, 6) is 0.160. The van der Waals surface area contributed by atoms with Crippen molar-refractivity contribution in [2.45, 2.75) is 98.0 Å². The summed E-state index contributed by atoms with van der Waals surface area (Å²) in [6.45, 7) is 19.5. The van der Waals surface area contributed by atoms with Gasteiger partial charge in [-0.25, -0.2) is 23.7 Å². The molecule has 0 aliphatic carbocycles. The van der Waals surface area contributed by atoms with Crippen molar-refractivity contribution in [2.75, 3.05) is 13.1 Å². The number of likely N-dealkylation sites (tertiary alicyclic amines) is 1. The maximum Gasteiger partial charge on any atom is 0.416 e. The first-order chi connectivity index (χ1) is 19.6. The van der Waals surface area contributed by atoms with Gasteiger partial charge >= 0.3 is 12.2 Å². The van der Waals surface area contributed by atoms with Crippen LogP contribution in [0.1, 0.15) is 102 Å². The molecule has 10 nitrogen and oxygen atoms in total. The van der Waals surface area contributed by atoms with Crippen molar-refractivity contribution in [1.82, 2.24) is 29.0 Å². The number of carbonyl (C=O) groups excluding carboxylic acids is 1. The number of hydrogen-bond donors (Lipinski definition) is 1. The second-order valence-electron chi connectivity index (χ2n) is 13.7. The third kappa shape index (κ3) is 5.23. The van der Waals surface area contributed by atoms with Crippen molar-refractivity contribution >= 4 is 28.7 Å². The summed E-state index contributed by atoms with van der Waals surface area (Å²) in [6.07, 6.45) is 5.25. The smallest absolute Gasteiger partial charge is 0.416 e. The van der Waals surface area contributed by atoms with Gasteiger partial charge in [0.25, 0.3) is 0 Å². The molecule has 1 amide bonds. The Labute approximate surface area is 246 Å². The lowest BCUT2D eigenvalue weighted by Gasteiger charge is -2.35. The fourth-order valence-corrected chi connectivity index (χ4v) is 6.32. The summed E-state index contributed by atoms with van der Waals surface area (Å²) < 4.78 is 8.70. The number of aryl methyl sites for hydroxylation is 1. The van der Waals surface area contributed by atoms with Crippen molar-refractivity contribution in [3.8, 4) is 11.3 Å². The standard InChI is InChI=1S/C32H42N6O4/c1-18(2)23-24-22(38(29(39)40)27(23)21-14-19(3)28-34-17-35-37(28)16-21)15-33-26(25(24)31(4,5)6)20-10-12-36(13-11-20)30(41)42-32(7,8)9/h14-18,20H,10-13H2,1-9H3,(H,39,40). The molecule has 224 valence electrons. The van der Waals surface area contributed by atoms with E-state index in [0.717, 1.165) is 51.8 Å². The van der Waals surface area contributed by atoms with Crippen molar-refractivity contribution in [3.63, 3.8) is 0 Å². The van der Waals surface area contributed by atoms with Crippen LogP contribution >= 0.6 is 0 Å². The van der Waals surface area contributed by atoms with Crippen LogP contribution in [0.3, 0.4) is 0 Å². The fraction of sp³-hybridized carbons (Fsp3) is 0.531. The molecule has 5 rings (SSSR count). The largest absolute Gasteiger partial charge is 0.464 e. The SMILES string of the molecule is Cc1cc(-c2c(C(C)C)c3c(C(C)(C)C)c(C4CCN(C(=O)OC(C)(C)C)CC4)ncc3n2C(=O)O)cn2ncnc12. The molecule has 0 saturated carbocycles. The minimum Gasteiger partial charge on any atom is -0.464 e. The van der Waals surface area contributed by atoms with E-state index >= 15 is 0 Å². The van der Waals surface area contributed by atoms with E-state index in [1.54, 1.807) is 15.6 Å². The van der Waals surface area contributed by atoms with Crippen LogP contribution in [0.25, 0.3) is 27.8 Å². The molecule has 0 bridgehead atoms. The molecular formula is C32H42N6O4. The van der Waals surface area contributed by atoms with Crippen LogP contribution < -0.4 is 0 Å². The van der Waals surface area contributed by atoms with E-state index in [2.05, 4.69) is 44.7 Å². The van der Waals surface area contributed by atoms with E-state index in [9.17, 15) is 14.7 Å². The van der Waals surface area contributed by atoms with Gasteiger partial charge in [-0.15, -0.1) is 0 Å². The Balaban J connectivity index is 1.70. The highest BCUT2D eigenvalue weighted by Crippen LogP contribution is 2.46.